The molecule has 0 bridgehead atoms. The second kappa shape index (κ2) is 7.16. The van der Waals surface area contributed by atoms with Gasteiger partial charge in [0.2, 0.25) is 5.95 Å². The molecule has 1 N–H and O–H groups in total. The lowest BCUT2D eigenvalue weighted by Crippen LogP contribution is -2.24. The number of hydrogen-bond donors (Lipinski definition) is 1. The molecule has 0 unspecified atom stereocenters. The zero-order valence-corrected chi connectivity index (χ0v) is 15.6. The first kappa shape index (κ1) is 19.4. The predicted molar refractivity (Wildman–Crippen MR) is 99.7 cm³/mol. The van der Waals surface area contributed by atoms with Crippen molar-refractivity contribution in [2.75, 3.05) is 18.0 Å². The van der Waals surface area contributed by atoms with Crippen LogP contribution >= 0.6 is 0 Å². The van der Waals surface area contributed by atoms with Crippen LogP contribution in [0.15, 0.2) is 29.1 Å². The lowest BCUT2D eigenvalue weighted by atomic mass is 10.1. The van der Waals surface area contributed by atoms with E-state index in [4.69, 9.17) is 0 Å². The topological polar surface area (TPSA) is 66.8 Å². The number of benzene rings is 1. The van der Waals surface area contributed by atoms with Gasteiger partial charge in [-0.3, -0.25) is 9.78 Å². The van der Waals surface area contributed by atoms with Crippen molar-refractivity contribution >= 4 is 17.0 Å². The zero-order valence-electron chi connectivity index (χ0n) is 15.6. The fourth-order valence-electron chi connectivity index (χ4n) is 3.64. The molecule has 10 heteroatoms. The number of alkyl halides is 4. The number of rotatable bonds is 4. The number of nitrogens with zero attached hydrogens (tertiary/aromatic N) is 4. The van der Waals surface area contributed by atoms with Crippen molar-refractivity contribution < 1.29 is 17.6 Å². The van der Waals surface area contributed by atoms with E-state index in [9.17, 15) is 22.4 Å². The Labute approximate surface area is 163 Å². The molecular formula is C19H19F4N5O. The molecule has 0 aliphatic carbocycles. The highest BCUT2D eigenvalue weighted by molar-refractivity contribution is 5.78. The van der Waals surface area contributed by atoms with E-state index in [-0.39, 0.29) is 16.7 Å². The van der Waals surface area contributed by atoms with Crippen LogP contribution in [0.4, 0.5) is 23.5 Å². The van der Waals surface area contributed by atoms with Crippen LogP contribution in [0.5, 0.6) is 0 Å². The number of anilines is 1. The summed E-state index contributed by atoms with van der Waals surface area (Å²) in [6.45, 7) is 2.28. The minimum absolute atomic E-state index is 0.0412. The van der Waals surface area contributed by atoms with Gasteiger partial charge < -0.3 is 4.90 Å². The van der Waals surface area contributed by atoms with E-state index >= 15 is 0 Å². The van der Waals surface area contributed by atoms with E-state index in [0.717, 1.165) is 38.1 Å². The van der Waals surface area contributed by atoms with E-state index in [1.54, 1.807) is 6.92 Å². The largest absolute Gasteiger partial charge is 0.416 e. The summed E-state index contributed by atoms with van der Waals surface area (Å²) in [6.07, 6.45) is -2.46. The summed E-state index contributed by atoms with van der Waals surface area (Å²) in [5.74, 6) is 0.395. The van der Waals surface area contributed by atoms with Crippen LogP contribution in [0.2, 0.25) is 0 Å². The number of aromatic nitrogens is 4. The van der Waals surface area contributed by atoms with Gasteiger partial charge in [0.15, 0.2) is 5.65 Å². The zero-order chi connectivity index (χ0) is 20.8. The van der Waals surface area contributed by atoms with E-state index in [0.29, 0.717) is 11.5 Å². The average molecular weight is 409 g/mol. The third-order valence-corrected chi connectivity index (χ3v) is 5.24. The number of H-pyrrole nitrogens is 1. The molecule has 3 aromatic rings. The Hall–Kier alpha value is -2.91. The van der Waals surface area contributed by atoms with Crippen LogP contribution in [-0.4, -0.2) is 32.8 Å². The molecule has 1 atom stereocenters. The highest BCUT2D eigenvalue weighted by Crippen LogP contribution is 2.31. The van der Waals surface area contributed by atoms with E-state index in [1.807, 2.05) is 4.90 Å². The number of fused-ring (bicyclic) bond motifs is 1. The Kier molecular flexibility index (Phi) is 4.79. The molecule has 1 aromatic carbocycles. The van der Waals surface area contributed by atoms with Gasteiger partial charge in [0.05, 0.1) is 11.6 Å². The lowest BCUT2D eigenvalue weighted by molar-refractivity contribution is -0.137. The number of aromatic amines is 1. The van der Waals surface area contributed by atoms with E-state index < -0.39 is 30.0 Å². The van der Waals surface area contributed by atoms with Gasteiger partial charge in [-0.2, -0.15) is 23.3 Å². The van der Waals surface area contributed by atoms with Crippen molar-refractivity contribution in [2.45, 2.75) is 38.7 Å². The van der Waals surface area contributed by atoms with Gasteiger partial charge in [0.1, 0.15) is 17.8 Å². The summed E-state index contributed by atoms with van der Waals surface area (Å²) >= 11 is 0. The second-order valence-corrected chi connectivity index (χ2v) is 7.10. The highest BCUT2D eigenvalue weighted by atomic mass is 19.4. The molecule has 0 radical (unpaired) electrons. The van der Waals surface area contributed by atoms with Gasteiger partial charge in [0, 0.05) is 13.1 Å². The average Bonchev–Trinajstić information content (AvgIpc) is 3.35. The summed E-state index contributed by atoms with van der Waals surface area (Å²) in [5, 5.41) is 4.27. The molecule has 3 heterocycles. The maximum atomic E-state index is 13.5. The fourth-order valence-corrected chi connectivity index (χ4v) is 3.64. The number of nitrogens with one attached hydrogen (secondary N) is 1. The maximum Gasteiger partial charge on any atom is 0.416 e. The Morgan fingerprint density at radius 2 is 1.83 bits per heavy atom. The Morgan fingerprint density at radius 3 is 2.41 bits per heavy atom. The van der Waals surface area contributed by atoms with Crippen LogP contribution in [0.3, 0.4) is 0 Å². The maximum absolute atomic E-state index is 13.5. The van der Waals surface area contributed by atoms with Crippen LogP contribution in [-0.2, 0) is 12.9 Å². The SMILES string of the molecule is C[C@@H](c1ccc(C(F)(F)F)cc1)n1nc(CF)c2c(=O)[nH]c(N3CCCC3)nc21. The fraction of sp³-hybridized carbons (Fsp3) is 0.421. The number of halogens is 4. The van der Waals surface area contributed by atoms with Gasteiger partial charge in [-0.25, -0.2) is 9.07 Å². The number of hydrogen-bond acceptors (Lipinski definition) is 4. The molecule has 1 saturated heterocycles. The van der Waals surface area contributed by atoms with Gasteiger partial charge >= 0.3 is 6.18 Å². The first-order valence-electron chi connectivity index (χ1n) is 9.29. The monoisotopic (exact) mass is 409 g/mol. The summed E-state index contributed by atoms with van der Waals surface area (Å²) in [4.78, 5) is 21.7. The second-order valence-electron chi connectivity index (χ2n) is 7.10. The molecule has 1 aliphatic rings. The van der Waals surface area contributed by atoms with Crippen LogP contribution in [0, 0.1) is 0 Å². The molecule has 154 valence electrons. The molecule has 0 spiro atoms. The molecule has 1 aliphatic heterocycles. The summed E-state index contributed by atoms with van der Waals surface area (Å²) in [5.41, 5.74) is -0.515. The lowest BCUT2D eigenvalue weighted by Gasteiger charge is -2.17. The first-order chi connectivity index (χ1) is 13.8. The summed E-state index contributed by atoms with van der Waals surface area (Å²) in [7, 11) is 0. The quantitative estimate of drug-likeness (QED) is 0.666. The van der Waals surface area contributed by atoms with Crippen LogP contribution in [0.1, 0.15) is 42.6 Å². The van der Waals surface area contributed by atoms with E-state index in [1.165, 1.54) is 16.8 Å². The van der Waals surface area contributed by atoms with Crippen molar-refractivity contribution in [3.63, 3.8) is 0 Å². The summed E-state index contributed by atoms with van der Waals surface area (Å²) in [6, 6.07) is 4.14. The smallest absolute Gasteiger partial charge is 0.342 e. The molecule has 4 rings (SSSR count). The third-order valence-electron chi connectivity index (χ3n) is 5.24. The minimum atomic E-state index is -4.43. The first-order valence-corrected chi connectivity index (χ1v) is 9.29. The van der Waals surface area contributed by atoms with Gasteiger partial charge in [0.25, 0.3) is 5.56 Å². The van der Waals surface area contributed by atoms with Gasteiger partial charge in [-0.15, -0.1) is 0 Å². The highest BCUT2D eigenvalue weighted by Gasteiger charge is 2.30. The minimum Gasteiger partial charge on any atom is -0.342 e. The Bertz CT molecular complexity index is 1080. The molecule has 0 saturated carbocycles. The molecule has 2 aromatic heterocycles. The molecule has 6 nitrogen and oxygen atoms in total. The van der Waals surface area contributed by atoms with Crippen molar-refractivity contribution in [1.82, 2.24) is 19.7 Å². The Balaban J connectivity index is 1.80. The summed E-state index contributed by atoms with van der Waals surface area (Å²) < 4.78 is 53.4. The van der Waals surface area contributed by atoms with Gasteiger partial charge in [-0.1, -0.05) is 12.1 Å². The van der Waals surface area contributed by atoms with Crippen molar-refractivity contribution in [3.05, 3.63) is 51.4 Å². The molecule has 1 fully saturated rings. The van der Waals surface area contributed by atoms with Crippen molar-refractivity contribution in [2.24, 2.45) is 0 Å². The predicted octanol–water partition coefficient (Wildman–Crippen LogP) is 3.82. The van der Waals surface area contributed by atoms with Crippen LogP contribution < -0.4 is 10.5 Å². The van der Waals surface area contributed by atoms with Crippen LogP contribution in [0.25, 0.3) is 11.0 Å². The molecule has 0 amide bonds. The van der Waals surface area contributed by atoms with Crippen molar-refractivity contribution in [1.29, 1.82) is 0 Å². The standard InChI is InChI=1S/C19H19F4N5O/c1-11(12-4-6-13(7-5-12)19(21,22)23)28-16-15(14(10-20)26-28)17(29)25-18(24-16)27-8-2-3-9-27/h4-7,11H,2-3,8-10H2,1H3,(H,24,25,29)/t11-/m0/s1. The van der Waals surface area contributed by atoms with Crippen molar-refractivity contribution in [3.8, 4) is 0 Å². The van der Waals surface area contributed by atoms with E-state index in [2.05, 4.69) is 15.1 Å². The normalized spacial score (nSPS) is 16.0. The molecular weight excluding hydrogens is 390 g/mol. The third kappa shape index (κ3) is 3.47. The molecule has 29 heavy (non-hydrogen) atoms. The van der Waals surface area contributed by atoms with Gasteiger partial charge in [-0.05, 0) is 37.5 Å². The Morgan fingerprint density at radius 1 is 1.17 bits per heavy atom.